The van der Waals surface area contributed by atoms with Crippen molar-refractivity contribution in [2.24, 2.45) is 0 Å². The maximum atomic E-state index is 16.5. The number of carbonyl (C=O) groups is 2. The Morgan fingerprint density at radius 1 is 0.978 bits per heavy atom. The molecule has 0 N–H and O–H groups in total. The van der Waals surface area contributed by atoms with Gasteiger partial charge in [0.05, 0.1) is 24.4 Å². The highest BCUT2D eigenvalue weighted by Gasteiger charge is 2.34. The molecule has 46 heavy (non-hydrogen) atoms. The van der Waals surface area contributed by atoms with Crippen molar-refractivity contribution in [3.05, 3.63) is 84.3 Å². The normalized spacial score (nSPS) is 11.3. The largest absolute Gasteiger partial charge is 0.465 e. The summed E-state index contributed by atoms with van der Waals surface area (Å²) >= 11 is 0. The molecule has 0 radical (unpaired) electrons. The molecule has 0 aliphatic carbocycles. The van der Waals surface area contributed by atoms with Gasteiger partial charge in [0.15, 0.2) is 12.5 Å². The molecule has 0 fully saturated rings. The Labute approximate surface area is 259 Å². The zero-order valence-electron chi connectivity index (χ0n) is 24.3. The van der Waals surface area contributed by atoms with E-state index in [1.165, 1.54) is 37.6 Å². The fraction of sp³-hybridized carbons (Fsp3) is 0.241. The van der Waals surface area contributed by atoms with Gasteiger partial charge in [-0.3, -0.25) is 14.5 Å². The minimum absolute atomic E-state index is 0.00795. The quantitative estimate of drug-likeness (QED) is 0.119. The second-order valence-electron chi connectivity index (χ2n) is 9.46. The summed E-state index contributed by atoms with van der Waals surface area (Å²) in [6, 6.07) is 5.86. The lowest BCUT2D eigenvalue weighted by Gasteiger charge is -2.26. The van der Waals surface area contributed by atoms with Crippen molar-refractivity contribution in [3.63, 3.8) is 0 Å². The van der Waals surface area contributed by atoms with Crippen molar-refractivity contribution in [2.45, 2.75) is 18.4 Å². The molecule has 0 unspecified atom stereocenters. The molecular formula is C29H26F5N5O6S. The number of esters is 1. The highest BCUT2D eigenvalue weighted by Crippen LogP contribution is 2.39. The first-order valence-electron chi connectivity index (χ1n) is 13.4. The molecule has 0 saturated carbocycles. The van der Waals surface area contributed by atoms with Gasteiger partial charge in [-0.05, 0) is 55.0 Å². The van der Waals surface area contributed by atoms with Crippen LogP contribution in [0.3, 0.4) is 0 Å². The Balaban J connectivity index is 1.86. The van der Waals surface area contributed by atoms with Crippen molar-refractivity contribution >= 4 is 27.8 Å². The number of nitrogens with zero attached hydrogens (tertiary/aromatic N) is 5. The van der Waals surface area contributed by atoms with Gasteiger partial charge in [-0.25, -0.2) is 39.5 Å². The van der Waals surface area contributed by atoms with Crippen molar-refractivity contribution in [3.8, 4) is 22.4 Å². The summed E-state index contributed by atoms with van der Waals surface area (Å²) in [7, 11) is -4.15. The predicted octanol–water partition coefficient (Wildman–Crippen LogP) is 4.92. The molecule has 0 spiro atoms. The molecule has 2 aromatic carbocycles. The number of ether oxygens (including phenoxy) is 2. The third-order valence-electron chi connectivity index (χ3n) is 6.39. The van der Waals surface area contributed by atoms with Crippen LogP contribution in [0.15, 0.2) is 66.0 Å². The maximum Gasteiger partial charge on any atom is 0.411 e. The van der Waals surface area contributed by atoms with Gasteiger partial charge in [0.25, 0.3) is 10.0 Å². The fourth-order valence-corrected chi connectivity index (χ4v) is 5.66. The van der Waals surface area contributed by atoms with Gasteiger partial charge in [0.2, 0.25) is 0 Å². The third-order valence-corrected chi connectivity index (χ3v) is 8.14. The summed E-state index contributed by atoms with van der Waals surface area (Å²) in [5, 5.41) is 4.12. The Hall–Kier alpha value is -5.06. The standard InChI is InChI=1S/C29H26F5N5O6S/c1-3-44-25(40)16-37(2)29(41)45-17-39(46(42,43)24-14-19(31)4-5-21(24)32)23-7-6-22(33)26(27(23)34)28-20(15-38(36-28)13-10-30)18-8-11-35-12-9-18/h4-9,11-12,14-15H,3,10,13,16-17H2,1-2H3. The van der Waals surface area contributed by atoms with Crippen molar-refractivity contribution < 1.29 is 49.4 Å². The van der Waals surface area contributed by atoms with Crippen LogP contribution in [0, 0.1) is 23.3 Å². The third kappa shape index (κ3) is 7.25. The minimum Gasteiger partial charge on any atom is -0.465 e. The second-order valence-corrected chi connectivity index (χ2v) is 11.3. The Bertz CT molecular complexity index is 1840. The van der Waals surface area contributed by atoms with Crippen molar-refractivity contribution in [1.29, 1.82) is 0 Å². The molecule has 4 aromatic rings. The molecule has 0 saturated heterocycles. The molecule has 0 aliphatic heterocycles. The molecule has 1 amide bonds. The number of halogens is 5. The number of hydrogen-bond donors (Lipinski definition) is 0. The van der Waals surface area contributed by atoms with Crippen LogP contribution in [0.1, 0.15) is 6.92 Å². The number of pyridine rings is 1. The van der Waals surface area contributed by atoms with Gasteiger partial charge in [-0.15, -0.1) is 0 Å². The topological polar surface area (TPSA) is 124 Å². The number of hydrogen-bond acceptors (Lipinski definition) is 8. The first kappa shape index (κ1) is 33.8. The number of aromatic nitrogens is 3. The van der Waals surface area contributed by atoms with Crippen LogP contribution in [0.2, 0.25) is 0 Å². The van der Waals surface area contributed by atoms with Crippen LogP contribution in [-0.2, 0) is 30.8 Å². The first-order valence-corrected chi connectivity index (χ1v) is 14.9. The van der Waals surface area contributed by atoms with Gasteiger partial charge in [-0.1, -0.05) is 0 Å². The summed E-state index contributed by atoms with van der Waals surface area (Å²) in [5.74, 6) is -6.16. The molecule has 4 rings (SSSR count). The van der Waals surface area contributed by atoms with E-state index in [2.05, 4.69) is 10.1 Å². The zero-order valence-corrected chi connectivity index (χ0v) is 25.1. The number of amides is 1. The summed E-state index contributed by atoms with van der Waals surface area (Å²) in [6.45, 7) is -1.56. The Kier molecular flexibility index (Phi) is 10.6. The highest BCUT2D eigenvalue weighted by molar-refractivity contribution is 7.92. The Morgan fingerprint density at radius 3 is 2.35 bits per heavy atom. The molecule has 0 aliphatic rings. The van der Waals surface area contributed by atoms with Crippen LogP contribution in [0.25, 0.3) is 22.4 Å². The molecular weight excluding hydrogens is 641 g/mol. The van der Waals surface area contributed by atoms with Gasteiger partial charge in [-0.2, -0.15) is 5.10 Å². The zero-order chi connectivity index (χ0) is 33.6. The number of aryl methyl sites for hydroxylation is 1. The number of alkyl halides is 1. The molecule has 0 atom stereocenters. The van der Waals surface area contributed by atoms with Crippen LogP contribution in [0.4, 0.5) is 32.4 Å². The van der Waals surface area contributed by atoms with Crippen molar-refractivity contribution in [1.82, 2.24) is 19.7 Å². The fourth-order valence-electron chi connectivity index (χ4n) is 4.25. The second kappa shape index (κ2) is 14.4. The predicted molar refractivity (Wildman–Crippen MR) is 153 cm³/mol. The minimum atomic E-state index is -5.28. The summed E-state index contributed by atoms with van der Waals surface area (Å²) in [4.78, 5) is 27.8. The van der Waals surface area contributed by atoms with Gasteiger partial charge >= 0.3 is 12.1 Å². The van der Waals surface area contributed by atoms with E-state index in [9.17, 15) is 31.2 Å². The number of likely N-dealkylation sites (N-methyl/N-ethyl adjacent to an activating group) is 1. The van der Waals surface area contributed by atoms with Crippen LogP contribution >= 0.6 is 0 Å². The first-order chi connectivity index (χ1) is 21.9. The molecule has 0 bridgehead atoms. The van der Waals surface area contributed by atoms with E-state index in [-0.39, 0.29) is 28.7 Å². The van der Waals surface area contributed by atoms with Gasteiger partial charge in [0.1, 0.15) is 41.3 Å². The van der Waals surface area contributed by atoms with E-state index in [1.807, 2.05) is 0 Å². The number of carbonyl (C=O) groups excluding carboxylic acids is 2. The molecule has 11 nitrogen and oxygen atoms in total. The SMILES string of the molecule is CCOC(=O)CN(C)C(=O)OCN(c1ccc(F)c(-c2nn(CCF)cc2-c2ccncc2)c1F)S(=O)(=O)c1cc(F)ccc1F. The van der Waals surface area contributed by atoms with E-state index in [0.717, 1.165) is 16.6 Å². The smallest absolute Gasteiger partial charge is 0.411 e. The van der Waals surface area contributed by atoms with Crippen LogP contribution in [-0.4, -0.2) is 73.7 Å². The lowest BCUT2D eigenvalue weighted by molar-refractivity contribution is -0.143. The van der Waals surface area contributed by atoms with E-state index in [1.54, 1.807) is 0 Å². The van der Waals surface area contributed by atoms with Crippen LogP contribution in [0.5, 0.6) is 0 Å². The number of sulfonamides is 1. The summed E-state index contributed by atoms with van der Waals surface area (Å²) < 4.78 is 112. The van der Waals surface area contributed by atoms with Gasteiger partial charge < -0.3 is 14.4 Å². The Morgan fingerprint density at radius 2 is 1.67 bits per heavy atom. The average Bonchev–Trinajstić information content (AvgIpc) is 3.43. The van der Waals surface area contributed by atoms with Crippen molar-refractivity contribution in [2.75, 3.05) is 37.9 Å². The lowest BCUT2D eigenvalue weighted by Crippen LogP contribution is -2.39. The number of rotatable bonds is 12. The monoisotopic (exact) mass is 667 g/mol. The molecule has 2 aromatic heterocycles. The van der Waals surface area contributed by atoms with E-state index in [4.69, 9.17) is 9.47 Å². The van der Waals surface area contributed by atoms with Gasteiger partial charge in [0, 0.05) is 31.2 Å². The number of benzene rings is 2. The van der Waals surface area contributed by atoms with E-state index >= 15 is 8.78 Å². The molecule has 244 valence electrons. The molecule has 2 heterocycles. The highest BCUT2D eigenvalue weighted by atomic mass is 32.2. The average molecular weight is 668 g/mol. The summed E-state index contributed by atoms with van der Waals surface area (Å²) in [6.07, 6.45) is 2.84. The van der Waals surface area contributed by atoms with E-state index in [0.29, 0.717) is 35.9 Å². The van der Waals surface area contributed by atoms with Crippen LogP contribution < -0.4 is 4.31 Å². The van der Waals surface area contributed by atoms with E-state index < -0.39 is 81.5 Å². The summed E-state index contributed by atoms with van der Waals surface area (Å²) in [5.41, 5.74) is -1.64. The molecule has 17 heteroatoms. The maximum absolute atomic E-state index is 16.5. The number of anilines is 1. The lowest BCUT2D eigenvalue weighted by atomic mass is 10.0.